The van der Waals surface area contributed by atoms with Crippen molar-refractivity contribution in [1.82, 2.24) is 14.7 Å². The van der Waals surface area contributed by atoms with Crippen LogP contribution in [0.15, 0.2) is 27.8 Å². The predicted molar refractivity (Wildman–Crippen MR) is 87.0 cm³/mol. The van der Waals surface area contributed by atoms with Gasteiger partial charge in [0, 0.05) is 34.8 Å². The molecule has 0 bridgehead atoms. The minimum Gasteiger partial charge on any atom is -0.369 e. The predicted octanol–water partition coefficient (Wildman–Crippen LogP) is 2.52. The van der Waals surface area contributed by atoms with Crippen molar-refractivity contribution >= 4 is 43.1 Å². The van der Waals surface area contributed by atoms with Gasteiger partial charge in [0.1, 0.15) is 10.7 Å². The summed E-state index contributed by atoms with van der Waals surface area (Å²) in [5.41, 5.74) is 0. The van der Waals surface area contributed by atoms with E-state index in [-0.39, 0.29) is 11.4 Å². The highest BCUT2D eigenvalue weighted by Crippen LogP contribution is 2.23. The minimum atomic E-state index is -3.65. The summed E-state index contributed by atoms with van der Waals surface area (Å²) in [6.07, 6.45) is 3.23. The number of rotatable bonds is 6. The number of hydrogen-bond acceptors (Lipinski definition) is 6. The molecule has 9 heteroatoms. The molecule has 0 atom stereocenters. The normalized spacial score (nSPS) is 11.6. The lowest BCUT2D eigenvalue weighted by Crippen LogP contribution is -2.24. The maximum absolute atomic E-state index is 12.4. The first-order chi connectivity index (χ1) is 9.92. The van der Waals surface area contributed by atoms with Crippen molar-refractivity contribution < 1.29 is 8.42 Å². The van der Waals surface area contributed by atoms with Crippen LogP contribution in [-0.4, -0.2) is 24.9 Å². The number of pyridine rings is 1. The number of halogens is 1. The Hall–Kier alpha value is -1.03. The van der Waals surface area contributed by atoms with Crippen molar-refractivity contribution in [3.8, 4) is 0 Å². The van der Waals surface area contributed by atoms with Crippen LogP contribution in [0.4, 0.5) is 5.82 Å². The number of hydrogen-bond donors (Lipinski definition) is 2. The van der Waals surface area contributed by atoms with E-state index in [9.17, 15) is 8.42 Å². The molecule has 2 aromatic heterocycles. The third-order valence-electron chi connectivity index (χ3n) is 2.56. The Balaban J connectivity index is 2.24. The van der Waals surface area contributed by atoms with Gasteiger partial charge in [0.05, 0.1) is 5.01 Å². The van der Waals surface area contributed by atoms with Crippen molar-refractivity contribution in [2.75, 3.05) is 11.9 Å². The van der Waals surface area contributed by atoms with Gasteiger partial charge in [-0.1, -0.05) is 0 Å². The Labute approximate surface area is 136 Å². The second-order valence-corrected chi connectivity index (χ2v) is 8.17. The average molecular weight is 391 g/mol. The summed E-state index contributed by atoms with van der Waals surface area (Å²) in [6, 6.07) is 1.53. The molecule has 2 N–H and O–H groups in total. The standard InChI is InChI=1S/C12H15BrN4O2S2/c1-3-14-12-11(4-9(13)5-16-12)21(18,19)17-7-10-6-15-8(2)20-10/h4-6,17H,3,7H2,1-2H3,(H,14,16). The zero-order valence-electron chi connectivity index (χ0n) is 11.6. The summed E-state index contributed by atoms with van der Waals surface area (Å²) in [6.45, 7) is 4.56. The molecule has 0 aliphatic carbocycles. The number of aryl methyl sites for hydroxylation is 1. The lowest BCUT2D eigenvalue weighted by atomic mass is 10.4. The summed E-state index contributed by atoms with van der Waals surface area (Å²) in [5, 5.41) is 3.86. The Morgan fingerprint density at radius 2 is 2.10 bits per heavy atom. The van der Waals surface area contributed by atoms with Crippen LogP contribution in [0, 0.1) is 6.92 Å². The second-order valence-electron chi connectivity index (χ2n) is 4.20. The van der Waals surface area contributed by atoms with Crippen molar-refractivity contribution in [3.05, 3.63) is 32.8 Å². The molecule has 0 amide bonds. The summed E-state index contributed by atoms with van der Waals surface area (Å²) in [4.78, 5) is 9.20. The van der Waals surface area contributed by atoms with E-state index in [2.05, 4.69) is 35.9 Å². The molecule has 0 fully saturated rings. The molecule has 2 aromatic rings. The number of aromatic nitrogens is 2. The van der Waals surface area contributed by atoms with Gasteiger partial charge >= 0.3 is 0 Å². The minimum absolute atomic E-state index is 0.125. The Morgan fingerprint density at radius 1 is 1.33 bits per heavy atom. The number of sulfonamides is 1. The van der Waals surface area contributed by atoms with E-state index in [0.717, 1.165) is 9.88 Å². The first kappa shape index (κ1) is 16.3. The molecule has 0 aliphatic heterocycles. The average Bonchev–Trinajstić information content (AvgIpc) is 2.85. The van der Waals surface area contributed by atoms with E-state index in [1.807, 2.05) is 13.8 Å². The smallest absolute Gasteiger partial charge is 0.244 e. The largest absolute Gasteiger partial charge is 0.369 e. The van der Waals surface area contributed by atoms with E-state index in [4.69, 9.17) is 0 Å². The van der Waals surface area contributed by atoms with Crippen LogP contribution in [0.5, 0.6) is 0 Å². The monoisotopic (exact) mass is 390 g/mol. The fourth-order valence-corrected chi connectivity index (χ4v) is 4.13. The Bertz CT molecular complexity index is 731. The topological polar surface area (TPSA) is 84.0 Å². The van der Waals surface area contributed by atoms with E-state index in [1.54, 1.807) is 12.4 Å². The quantitative estimate of drug-likeness (QED) is 0.791. The van der Waals surface area contributed by atoms with Crippen LogP contribution in [0.25, 0.3) is 0 Å². The molecule has 0 aliphatic rings. The van der Waals surface area contributed by atoms with E-state index in [1.165, 1.54) is 17.4 Å². The van der Waals surface area contributed by atoms with Crippen LogP contribution in [0.1, 0.15) is 16.8 Å². The van der Waals surface area contributed by atoms with Gasteiger partial charge in [-0.2, -0.15) is 0 Å². The fraction of sp³-hybridized carbons (Fsp3) is 0.333. The van der Waals surface area contributed by atoms with E-state index >= 15 is 0 Å². The van der Waals surface area contributed by atoms with Gasteiger partial charge < -0.3 is 5.32 Å². The highest BCUT2D eigenvalue weighted by atomic mass is 79.9. The molecule has 0 spiro atoms. The van der Waals surface area contributed by atoms with Gasteiger partial charge in [-0.25, -0.2) is 23.1 Å². The number of nitrogens with zero attached hydrogens (tertiary/aromatic N) is 2. The molecule has 21 heavy (non-hydrogen) atoms. The third kappa shape index (κ3) is 4.22. The summed E-state index contributed by atoms with van der Waals surface area (Å²) in [7, 11) is -3.65. The summed E-state index contributed by atoms with van der Waals surface area (Å²) >= 11 is 4.71. The van der Waals surface area contributed by atoms with Crippen molar-refractivity contribution in [1.29, 1.82) is 0 Å². The van der Waals surface area contributed by atoms with Gasteiger partial charge in [0.15, 0.2) is 0 Å². The maximum Gasteiger partial charge on any atom is 0.244 e. The molecular weight excluding hydrogens is 376 g/mol. The third-order valence-corrected chi connectivity index (χ3v) is 5.32. The van der Waals surface area contributed by atoms with Crippen LogP contribution >= 0.6 is 27.3 Å². The van der Waals surface area contributed by atoms with Crippen molar-refractivity contribution in [2.45, 2.75) is 25.3 Å². The molecule has 0 radical (unpaired) electrons. The van der Waals surface area contributed by atoms with Gasteiger partial charge in [0.2, 0.25) is 10.0 Å². The van der Waals surface area contributed by atoms with Crippen molar-refractivity contribution in [2.24, 2.45) is 0 Å². The highest BCUT2D eigenvalue weighted by molar-refractivity contribution is 9.10. The number of thiazole rings is 1. The zero-order valence-corrected chi connectivity index (χ0v) is 14.8. The Kier molecular flexibility index (Phi) is 5.31. The molecular formula is C12H15BrN4O2S2. The number of anilines is 1. The maximum atomic E-state index is 12.4. The summed E-state index contributed by atoms with van der Waals surface area (Å²) < 4.78 is 28.0. The van der Waals surface area contributed by atoms with Crippen LogP contribution < -0.4 is 10.0 Å². The van der Waals surface area contributed by atoms with Gasteiger partial charge in [-0.05, 0) is 35.8 Å². The number of nitrogens with one attached hydrogen (secondary N) is 2. The molecule has 2 rings (SSSR count). The van der Waals surface area contributed by atoms with Gasteiger partial charge in [0.25, 0.3) is 0 Å². The Morgan fingerprint density at radius 3 is 2.71 bits per heavy atom. The van der Waals surface area contributed by atoms with Gasteiger partial charge in [-0.15, -0.1) is 11.3 Å². The van der Waals surface area contributed by atoms with E-state index in [0.29, 0.717) is 16.8 Å². The van der Waals surface area contributed by atoms with Crippen LogP contribution in [-0.2, 0) is 16.6 Å². The molecule has 2 heterocycles. The molecule has 0 saturated heterocycles. The fourth-order valence-electron chi connectivity index (χ4n) is 1.66. The van der Waals surface area contributed by atoms with Crippen LogP contribution in [0.2, 0.25) is 0 Å². The first-order valence-corrected chi connectivity index (χ1v) is 9.32. The van der Waals surface area contributed by atoms with Gasteiger partial charge in [-0.3, -0.25) is 0 Å². The summed E-state index contributed by atoms with van der Waals surface area (Å²) in [5.74, 6) is 0.341. The SMILES string of the molecule is CCNc1ncc(Br)cc1S(=O)(=O)NCc1cnc(C)s1. The lowest BCUT2D eigenvalue weighted by molar-refractivity contribution is 0.581. The van der Waals surface area contributed by atoms with E-state index < -0.39 is 10.0 Å². The first-order valence-electron chi connectivity index (χ1n) is 6.22. The van der Waals surface area contributed by atoms with Crippen molar-refractivity contribution in [3.63, 3.8) is 0 Å². The molecule has 6 nitrogen and oxygen atoms in total. The molecule has 0 unspecified atom stereocenters. The van der Waals surface area contributed by atoms with Crippen LogP contribution in [0.3, 0.4) is 0 Å². The molecule has 0 aromatic carbocycles. The zero-order chi connectivity index (χ0) is 15.5. The second kappa shape index (κ2) is 6.82. The highest BCUT2D eigenvalue weighted by Gasteiger charge is 2.20. The molecule has 0 saturated carbocycles. The molecule has 114 valence electrons. The lowest BCUT2D eigenvalue weighted by Gasteiger charge is -2.11.